The first kappa shape index (κ1) is 23.3. The number of aromatic nitrogens is 3. The van der Waals surface area contributed by atoms with Crippen LogP contribution >= 0.6 is 11.8 Å². The van der Waals surface area contributed by atoms with Crippen molar-refractivity contribution in [3.63, 3.8) is 0 Å². The number of alkyl halides is 3. The van der Waals surface area contributed by atoms with E-state index in [2.05, 4.69) is 20.4 Å². The van der Waals surface area contributed by atoms with Crippen molar-refractivity contribution in [2.75, 3.05) is 24.2 Å². The van der Waals surface area contributed by atoms with E-state index in [0.29, 0.717) is 17.4 Å². The van der Waals surface area contributed by atoms with Gasteiger partial charge in [0.2, 0.25) is 5.91 Å². The normalized spacial score (nSPS) is 14.9. The van der Waals surface area contributed by atoms with E-state index in [1.54, 1.807) is 0 Å². The lowest BCUT2D eigenvalue weighted by atomic mass is 10.1. The number of para-hydroxylation sites is 1. The van der Waals surface area contributed by atoms with Crippen LogP contribution in [-0.4, -0.2) is 44.4 Å². The molecule has 33 heavy (non-hydrogen) atoms. The van der Waals surface area contributed by atoms with Crippen LogP contribution in [0.2, 0.25) is 0 Å². The summed E-state index contributed by atoms with van der Waals surface area (Å²) >= 11 is 1.24. The minimum atomic E-state index is -4.41. The molecular formula is C23H24F3N5OS. The molecule has 10 heteroatoms. The maximum Gasteiger partial charge on any atom is 0.416 e. The van der Waals surface area contributed by atoms with Gasteiger partial charge in [-0.2, -0.15) is 13.2 Å². The second kappa shape index (κ2) is 10.4. The van der Waals surface area contributed by atoms with E-state index in [-0.39, 0.29) is 11.7 Å². The second-order valence-electron chi connectivity index (χ2n) is 7.82. The van der Waals surface area contributed by atoms with Crippen LogP contribution in [0.1, 0.15) is 30.7 Å². The van der Waals surface area contributed by atoms with Gasteiger partial charge < -0.3 is 5.32 Å². The van der Waals surface area contributed by atoms with Crippen LogP contribution in [-0.2, 0) is 17.5 Å². The van der Waals surface area contributed by atoms with E-state index in [1.807, 2.05) is 34.9 Å². The van der Waals surface area contributed by atoms with E-state index in [4.69, 9.17) is 0 Å². The van der Waals surface area contributed by atoms with E-state index in [0.717, 1.165) is 36.7 Å². The lowest BCUT2D eigenvalue weighted by molar-refractivity contribution is -0.137. The number of thioether (sulfide) groups is 1. The molecule has 4 rings (SSSR count). The van der Waals surface area contributed by atoms with Crippen LogP contribution < -0.4 is 5.32 Å². The standard InChI is InChI=1S/C23H24F3N5OS/c24-23(25,26)17-9-11-18(12-10-17)27-21(32)16-33-22-29-28-20(15-30-13-5-2-6-14-30)31(22)19-7-3-1-4-8-19/h1,3-4,7-12H,2,5-6,13-16H2,(H,27,32). The summed E-state index contributed by atoms with van der Waals surface area (Å²) in [5, 5.41) is 11.9. The Hall–Kier alpha value is -2.85. The number of anilines is 1. The minimum absolute atomic E-state index is 0.0513. The molecule has 174 valence electrons. The summed E-state index contributed by atoms with van der Waals surface area (Å²) in [4.78, 5) is 14.8. The van der Waals surface area contributed by atoms with Crippen LogP contribution in [0, 0.1) is 0 Å². The third-order valence-electron chi connectivity index (χ3n) is 5.36. The van der Waals surface area contributed by atoms with Crippen molar-refractivity contribution < 1.29 is 18.0 Å². The Balaban J connectivity index is 1.44. The number of nitrogens with zero attached hydrogens (tertiary/aromatic N) is 4. The van der Waals surface area contributed by atoms with Crippen molar-refractivity contribution in [3.8, 4) is 5.69 Å². The zero-order valence-electron chi connectivity index (χ0n) is 17.9. The molecule has 1 N–H and O–H groups in total. The van der Waals surface area contributed by atoms with Crippen molar-refractivity contribution in [2.24, 2.45) is 0 Å². The first-order valence-electron chi connectivity index (χ1n) is 10.7. The number of piperidine rings is 1. The SMILES string of the molecule is O=C(CSc1nnc(CN2CCCCC2)n1-c1ccccc1)Nc1ccc(C(F)(F)F)cc1. The lowest BCUT2D eigenvalue weighted by Gasteiger charge is -2.26. The number of carbonyl (C=O) groups excluding carboxylic acids is 1. The molecule has 6 nitrogen and oxygen atoms in total. The fraction of sp³-hybridized carbons (Fsp3) is 0.348. The average molecular weight is 476 g/mol. The highest BCUT2D eigenvalue weighted by molar-refractivity contribution is 7.99. The van der Waals surface area contributed by atoms with Gasteiger partial charge in [-0.1, -0.05) is 36.4 Å². The predicted octanol–water partition coefficient (Wildman–Crippen LogP) is 5.00. The maximum absolute atomic E-state index is 12.7. The summed E-state index contributed by atoms with van der Waals surface area (Å²) in [7, 11) is 0. The Morgan fingerprint density at radius 1 is 0.970 bits per heavy atom. The van der Waals surface area contributed by atoms with E-state index < -0.39 is 11.7 Å². The molecule has 1 saturated heterocycles. The monoisotopic (exact) mass is 475 g/mol. The zero-order chi connectivity index (χ0) is 23.3. The molecule has 1 aromatic heterocycles. The van der Waals surface area contributed by atoms with Gasteiger partial charge in [0, 0.05) is 11.4 Å². The number of halogens is 3. The number of benzene rings is 2. The molecule has 3 aromatic rings. The maximum atomic E-state index is 12.7. The predicted molar refractivity (Wildman–Crippen MR) is 121 cm³/mol. The van der Waals surface area contributed by atoms with Gasteiger partial charge in [-0.05, 0) is 62.3 Å². The van der Waals surface area contributed by atoms with Gasteiger partial charge in [-0.15, -0.1) is 10.2 Å². The molecule has 0 atom stereocenters. The largest absolute Gasteiger partial charge is 0.416 e. The second-order valence-corrected chi connectivity index (χ2v) is 8.76. The molecule has 0 unspecified atom stereocenters. The number of rotatable bonds is 7. The van der Waals surface area contributed by atoms with Gasteiger partial charge in [-0.3, -0.25) is 14.3 Å². The Bertz CT molecular complexity index is 1060. The van der Waals surface area contributed by atoms with Gasteiger partial charge >= 0.3 is 6.18 Å². The lowest BCUT2D eigenvalue weighted by Crippen LogP contribution is -2.30. The first-order chi connectivity index (χ1) is 15.9. The molecule has 1 fully saturated rings. The molecule has 0 bridgehead atoms. The zero-order valence-corrected chi connectivity index (χ0v) is 18.7. The summed E-state index contributed by atoms with van der Waals surface area (Å²) in [6.07, 6.45) is -0.820. The summed E-state index contributed by atoms with van der Waals surface area (Å²) in [6, 6.07) is 14.1. The number of hydrogen-bond acceptors (Lipinski definition) is 5. The Morgan fingerprint density at radius 3 is 2.33 bits per heavy atom. The smallest absolute Gasteiger partial charge is 0.325 e. The van der Waals surface area contributed by atoms with Crippen molar-refractivity contribution in [2.45, 2.75) is 37.1 Å². The molecule has 1 aliphatic rings. The third-order valence-corrected chi connectivity index (χ3v) is 6.29. The summed E-state index contributed by atoms with van der Waals surface area (Å²) in [6.45, 7) is 2.74. The first-order valence-corrected chi connectivity index (χ1v) is 11.7. The van der Waals surface area contributed by atoms with Crippen LogP contribution in [0.25, 0.3) is 5.69 Å². The van der Waals surface area contributed by atoms with E-state index in [9.17, 15) is 18.0 Å². The quantitative estimate of drug-likeness (QED) is 0.487. The molecule has 0 radical (unpaired) electrons. The summed E-state index contributed by atoms with van der Waals surface area (Å²) in [5.41, 5.74) is 0.469. The Morgan fingerprint density at radius 2 is 1.67 bits per heavy atom. The van der Waals surface area contributed by atoms with Crippen LogP contribution in [0.15, 0.2) is 59.8 Å². The number of hydrogen-bond donors (Lipinski definition) is 1. The number of carbonyl (C=O) groups is 1. The van der Waals surface area contributed by atoms with Gasteiger partial charge in [0.15, 0.2) is 11.0 Å². The highest BCUT2D eigenvalue weighted by Gasteiger charge is 2.30. The molecule has 1 amide bonds. The van der Waals surface area contributed by atoms with Crippen molar-refractivity contribution >= 4 is 23.4 Å². The molecule has 0 saturated carbocycles. The summed E-state index contributed by atoms with van der Waals surface area (Å²) < 4.78 is 40.1. The Kier molecular flexibility index (Phi) is 7.34. The number of amides is 1. The molecule has 2 aromatic carbocycles. The number of nitrogens with one attached hydrogen (secondary N) is 1. The number of likely N-dealkylation sites (tertiary alicyclic amines) is 1. The van der Waals surface area contributed by atoms with Crippen molar-refractivity contribution in [3.05, 3.63) is 66.0 Å². The topological polar surface area (TPSA) is 63.1 Å². The van der Waals surface area contributed by atoms with E-state index >= 15 is 0 Å². The highest BCUT2D eigenvalue weighted by atomic mass is 32.2. The van der Waals surface area contributed by atoms with Crippen molar-refractivity contribution in [1.82, 2.24) is 19.7 Å². The minimum Gasteiger partial charge on any atom is -0.325 e. The molecule has 1 aliphatic heterocycles. The van der Waals surface area contributed by atoms with Crippen molar-refractivity contribution in [1.29, 1.82) is 0 Å². The van der Waals surface area contributed by atoms with Gasteiger partial charge in [0.1, 0.15) is 0 Å². The summed E-state index contributed by atoms with van der Waals surface area (Å²) in [5.74, 6) is 0.532. The van der Waals surface area contributed by atoms with E-state index in [1.165, 1.54) is 43.2 Å². The van der Waals surface area contributed by atoms with Gasteiger partial charge in [0.25, 0.3) is 0 Å². The molecular weight excluding hydrogens is 451 g/mol. The molecule has 0 spiro atoms. The molecule has 0 aliphatic carbocycles. The van der Waals surface area contributed by atoms with Crippen LogP contribution in [0.4, 0.5) is 18.9 Å². The van der Waals surface area contributed by atoms with Gasteiger partial charge in [-0.25, -0.2) is 0 Å². The van der Waals surface area contributed by atoms with Gasteiger partial charge in [0.05, 0.1) is 17.9 Å². The molecule has 2 heterocycles. The Labute approximate surface area is 194 Å². The van der Waals surface area contributed by atoms with Crippen LogP contribution in [0.3, 0.4) is 0 Å². The fourth-order valence-corrected chi connectivity index (χ4v) is 4.49. The van der Waals surface area contributed by atoms with Crippen LogP contribution in [0.5, 0.6) is 0 Å². The fourth-order valence-electron chi connectivity index (χ4n) is 3.72. The average Bonchev–Trinajstić information content (AvgIpc) is 3.21. The highest BCUT2D eigenvalue weighted by Crippen LogP contribution is 2.30. The third kappa shape index (κ3) is 6.14.